The highest BCUT2D eigenvalue weighted by molar-refractivity contribution is 7.09. The number of nitrogens with one attached hydrogen (secondary N) is 2. The summed E-state index contributed by atoms with van der Waals surface area (Å²) in [6, 6.07) is 0.0411. The normalized spacial score (nSPS) is 21.4. The maximum absolute atomic E-state index is 11.9. The molecule has 2 N–H and O–H groups in total. The molecule has 0 saturated carbocycles. The van der Waals surface area contributed by atoms with Gasteiger partial charge in [0, 0.05) is 42.1 Å². The van der Waals surface area contributed by atoms with Gasteiger partial charge in [0.25, 0.3) is 0 Å². The first-order valence-electron chi connectivity index (χ1n) is 7.10. The van der Waals surface area contributed by atoms with E-state index in [4.69, 9.17) is 4.74 Å². The van der Waals surface area contributed by atoms with Gasteiger partial charge in [0.05, 0.1) is 11.6 Å². The van der Waals surface area contributed by atoms with Crippen LogP contribution in [0.1, 0.15) is 36.9 Å². The van der Waals surface area contributed by atoms with E-state index in [0.717, 1.165) is 30.3 Å². The highest BCUT2D eigenvalue weighted by Crippen LogP contribution is 2.19. The SMILES string of the molecule is Cc1csc([C@H](C)CNC(=O)N[C@H](C)[C@@H]2CCOC2)n1. The van der Waals surface area contributed by atoms with Crippen molar-refractivity contribution in [3.63, 3.8) is 0 Å². The average Bonchev–Trinajstić information content (AvgIpc) is 3.06. The number of ether oxygens (including phenoxy) is 1. The predicted octanol–water partition coefficient (Wildman–Crippen LogP) is 2.28. The number of aromatic nitrogens is 1. The Balaban J connectivity index is 1.71. The zero-order valence-corrected chi connectivity index (χ0v) is 13.1. The number of nitrogens with zero attached hydrogens (tertiary/aromatic N) is 1. The minimum absolute atomic E-state index is 0.107. The summed E-state index contributed by atoms with van der Waals surface area (Å²) in [6.45, 7) is 8.25. The molecule has 2 heterocycles. The fourth-order valence-electron chi connectivity index (χ4n) is 2.25. The Bertz CT molecular complexity index is 443. The van der Waals surface area contributed by atoms with Gasteiger partial charge in [-0.3, -0.25) is 0 Å². The molecule has 0 spiro atoms. The summed E-state index contributed by atoms with van der Waals surface area (Å²) >= 11 is 1.64. The second-order valence-corrected chi connectivity index (χ2v) is 6.38. The zero-order valence-electron chi connectivity index (χ0n) is 12.3. The Morgan fingerprint density at radius 1 is 1.60 bits per heavy atom. The van der Waals surface area contributed by atoms with Crippen molar-refractivity contribution < 1.29 is 9.53 Å². The summed E-state index contributed by atoms with van der Waals surface area (Å²) in [5.41, 5.74) is 1.04. The van der Waals surface area contributed by atoms with E-state index in [2.05, 4.69) is 22.5 Å². The summed E-state index contributed by atoms with van der Waals surface area (Å²) in [4.78, 5) is 16.3. The molecule has 1 aromatic rings. The summed E-state index contributed by atoms with van der Waals surface area (Å²) in [6.07, 6.45) is 1.02. The number of hydrogen-bond donors (Lipinski definition) is 2. The molecule has 2 amide bonds. The van der Waals surface area contributed by atoms with Crippen LogP contribution < -0.4 is 10.6 Å². The largest absolute Gasteiger partial charge is 0.381 e. The van der Waals surface area contributed by atoms with Gasteiger partial charge in [-0.05, 0) is 20.3 Å². The van der Waals surface area contributed by atoms with Crippen LogP contribution >= 0.6 is 11.3 Å². The van der Waals surface area contributed by atoms with E-state index in [1.54, 1.807) is 11.3 Å². The quantitative estimate of drug-likeness (QED) is 0.876. The highest BCUT2D eigenvalue weighted by atomic mass is 32.1. The molecule has 20 heavy (non-hydrogen) atoms. The van der Waals surface area contributed by atoms with Gasteiger partial charge in [-0.2, -0.15) is 0 Å². The molecular weight excluding hydrogens is 274 g/mol. The van der Waals surface area contributed by atoms with Crippen LogP contribution in [0.3, 0.4) is 0 Å². The Labute approximate surface area is 124 Å². The van der Waals surface area contributed by atoms with Crippen LogP contribution in [0.5, 0.6) is 0 Å². The number of carbonyl (C=O) groups excluding carboxylic acids is 1. The van der Waals surface area contributed by atoms with Crippen LogP contribution in [0.4, 0.5) is 4.79 Å². The lowest BCUT2D eigenvalue weighted by Crippen LogP contribution is -2.45. The lowest BCUT2D eigenvalue weighted by Gasteiger charge is -2.20. The third-order valence-corrected chi connectivity index (χ3v) is 4.85. The maximum Gasteiger partial charge on any atom is 0.315 e. The number of carbonyl (C=O) groups is 1. The van der Waals surface area contributed by atoms with Gasteiger partial charge in [-0.1, -0.05) is 6.92 Å². The minimum Gasteiger partial charge on any atom is -0.381 e. The molecule has 1 saturated heterocycles. The fourth-order valence-corrected chi connectivity index (χ4v) is 3.11. The van der Waals surface area contributed by atoms with Crippen LogP contribution in [0.2, 0.25) is 0 Å². The van der Waals surface area contributed by atoms with Gasteiger partial charge in [-0.25, -0.2) is 9.78 Å². The second kappa shape index (κ2) is 7.04. The lowest BCUT2D eigenvalue weighted by molar-refractivity contribution is 0.178. The first-order chi connectivity index (χ1) is 9.56. The Hall–Kier alpha value is -1.14. The zero-order chi connectivity index (χ0) is 14.5. The molecular formula is C14H23N3O2S. The number of hydrogen-bond acceptors (Lipinski definition) is 4. The molecule has 1 aliphatic heterocycles. The molecule has 1 aromatic heterocycles. The fraction of sp³-hybridized carbons (Fsp3) is 0.714. The van der Waals surface area contributed by atoms with Crippen LogP contribution in [-0.4, -0.2) is 36.8 Å². The van der Waals surface area contributed by atoms with Gasteiger partial charge < -0.3 is 15.4 Å². The third-order valence-electron chi connectivity index (χ3n) is 3.66. The average molecular weight is 297 g/mol. The van der Waals surface area contributed by atoms with Crippen molar-refractivity contribution in [2.75, 3.05) is 19.8 Å². The van der Waals surface area contributed by atoms with Gasteiger partial charge in [0.1, 0.15) is 0 Å². The number of rotatable bonds is 5. The third kappa shape index (κ3) is 4.18. The summed E-state index contributed by atoms with van der Waals surface area (Å²) in [5.74, 6) is 0.671. The number of thiazole rings is 1. The molecule has 5 nitrogen and oxygen atoms in total. The van der Waals surface area contributed by atoms with E-state index < -0.39 is 0 Å². The molecule has 1 aliphatic rings. The molecule has 112 valence electrons. The summed E-state index contributed by atoms with van der Waals surface area (Å²) in [7, 11) is 0. The first kappa shape index (κ1) is 15.3. The van der Waals surface area contributed by atoms with E-state index in [1.165, 1.54) is 0 Å². The summed E-state index contributed by atoms with van der Waals surface area (Å²) in [5, 5.41) is 9.01. The van der Waals surface area contributed by atoms with Crippen molar-refractivity contribution in [3.05, 3.63) is 16.1 Å². The number of amides is 2. The van der Waals surface area contributed by atoms with Crippen molar-refractivity contribution in [1.82, 2.24) is 15.6 Å². The molecule has 1 fully saturated rings. The Morgan fingerprint density at radius 3 is 3.00 bits per heavy atom. The second-order valence-electron chi connectivity index (χ2n) is 5.49. The predicted molar refractivity (Wildman–Crippen MR) is 80.2 cm³/mol. The molecule has 0 unspecified atom stereocenters. The monoisotopic (exact) mass is 297 g/mol. The smallest absolute Gasteiger partial charge is 0.315 e. The van der Waals surface area contributed by atoms with Crippen molar-refractivity contribution >= 4 is 17.4 Å². The van der Waals surface area contributed by atoms with Crippen molar-refractivity contribution in [1.29, 1.82) is 0 Å². The standard InChI is InChI=1S/C14H23N3O2S/c1-9(13-16-10(2)8-20-13)6-15-14(18)17-11(3)12-4-5-19-7-12/h8-9,11-12H,4-7H2,1-3H3,(H2,15,17,18)/t9-,11-,12-/m1/s1. The van der Waals surface area contributed by atoms with E-state index in [-0.39, 0.29) is 18.0 Å². The molecule has 0 aliphatic carbocycles. The topological polar surface area (TPSA) is 63.2 Å². The van der Waals surface area contributed by atoms with Crippen LogP contribution in [0.15, 0.2) is 5.38 Å². The van der Waals surface area contributed by atoms with Crippen LogP contribution in [0, 0.1) is 12.8 Å². The molecule has 0 bridgehead atoms. The Kier molecular flexibility index (Phi) is 5.37. The van der Waals surface area contributed by atoms with E-state index >= 15 is 0 Å². The van der Waals surface area contributed by atoms with Gasteiger partial charge in [0.15, 0.2) is 0 Å². The van der Waals surface area contributed by atoms with E-state index in [0.29, 0.717) is 12.5 Å². The van der Waals surface area contributed by atoms with E-state index in [9.17, 15) is 4.79 Å². The highest BCUT2D eigenvalue weighted by Gasteiger charge is 2.23. The molecule has 2 rings (SSSR count). The lowest BCUT2D eigenvalue weighted by atomic mass is 10.0. The molecule has 0 aromatic carbocycles. The number of urea groups is 1. The molecule has 0 radical (unpaired) electrons. The van der Waals surface area contributed by atoms with Crippen molar-refractivity contribution in [3.8, 4) is 0 Å². The van der Waals surface area contributed by atoms with Crippen molar-refractivity contribution in [2.45, 2.75) is 39.2 Å². The van der Waals surface area contributed by atoms with Crippen molar-refractivity contribution in [2.24, 2.45) is 5.92 Å². The molecule has 3 atom stereocenters. The number of aryl methyl sites for hydroxylation is 1. The molecule has 6 heteroatoms. The van der Waals surface area contributed by atoms with Gasteiger partial charge >= 0.3 is 6.03 Å². The van der Waals surface area contributed by atoms with Crippen LogP contribution in [-0.2, 0) is 4.74 Å². The summed E-state index contributed by atoms with van der Waals surface area (Å²) < 4.78 is 5.34. The van der Waals surface area contributed by atoms with Gasteiger partial charge in [0.2, 0.25) is 0 Å². The maximum atomic E-state index is 11.9. The van der Waals surface area contributed by atoms with Gasteiger partial charge in [-0.15, -0.1) is 11.3 Å². The first-order valence-corrected chi connectivity index (χ1v) is 7.98. The minimum atomic E-state index is -0.107. The van der Waals surface area contributed by atoms with Crippen LogP contribution in [0.25, 0.3) is 0 Å². The van der Waals surface area contributed by atoms with E-state index in [1.807, 2.05) is 19.2 Å². The Morgan fingerprint density at radius 2 is 2.40 bits per heavy atom.